The molecule has 0 aliphatic heterocycles. The number of pyridine rings is 1. The minimum absolute atomic E-state index is 0.400. The smallest absolute Gasteiger partial charge is 0.219 e. The maximum absolute atomic E-state index is 10.5. The molecule has 0 bridgehead atoms. The summed E-state index contributed by atoms with van der Waals surface area (Å²) in [5.41, 5.74) is 2.50. The lowest BCUT2D eigenvalue weighted by atomic mass is 10.1. The number of methoxy groups -OCH3 is 1. The second-order valence-electron chi connectivity index (χ2n) is 4.69. The molecule has 2 heterocycles. The van der Waals surface area contributed by atoms with Gasteiger partial charge in [0, 0.05) is 11.6 Å². The lowest BCUT2D eigenvalue weighted by molar-refractivity contribution is 0.186. The summed E-state index contributed by atoms with van der Waals surface area (Å²) in [5, 5.41) is 11.4. The molecule has 3 rings (SSSR count). The summed E-state index contributed by atoms with van der Waals surface area (Å²) in [6, 6.07) is 11.3. The molecule has 0 saturated heterocycles. The van der Waals surface area contributed by atoms with E-state index in [-0.39, 0.29) is 0 Å². The van der Waals surface area contributed by atoms with E-state index in [1.54, 1.807) is 18.3 Å². The highest BCUT2D eigenvalue weighted by molar-refractivity contribution is 5.78. The summed E-state index contributed by atoms with van der Waals surface area (Å²) in [5.74, 6) is 0.883. The molecule has 0 amide bonds. The first-order chi connectivity index (χ1) is 9.69. The molecule has 0 aliphatic rings. The van der Waals surface area contributed by atoms with Gasteiger partial charge < -0.3 is 14.3 Å². The highest BCUT2D eigenvalue weighted by atomic mass is 16.5. The van der Waals surface area contributed by atoms with Crippen molar-refractivity contribution >= 4 is 11.0 Å². The molecule has 4 nitrogen and oxygen atoms in total. The summed E-state index contributed by atoms with van der Waals surface area (Å²) >= 11 is 0. The second kappa shape index (κ2) is 4.98. The van der Waals surface area contributed by atoms with Crippen LogP contribution in [0.25, 0.3) is 11.0 Å². The maximum Gasteiger partial charge on any atom is 0.219 e. The molecule has 1 N–H and O–H groups in total. The summed E-state index contributed by atoms with van der Waals surface area (Å²) in [6.45, 7) is 2.02. The van der Waals surface area contributed by atoms with E-state index in [4.69, 9.17) is 9.15 Å². The van der Waals surface area contributed by atoms with Gasteiger partial charge >= 0.3 is 0 Å². The van der Waals surface area contributed by atoms with Crippen LogP contribution in [-0.4, -0.2) is 17.2 Å². The molecule has 102 valence electrons. The minimum atomic E-state index is -0.897. The number of aliphatic hydroxyl groups excluding tert-OH is 1. The Labute approximate surface area is 116 Å². The molecule has 0 fully saturated rings. The normalized spacial score (nSPS) is 12.6. The van der Waals surface area contributed by atoms with Crippen molar-refractivity contribution in [3.8, 4) is 5.88 Å². The minimum Gasteiger partial charge on any atom is -0.481 e. The Balaban J connectivity index is 2.05. The number of aryl methyl sites for hydroxylation is 1. The van der Waals surface area contributed by atoms with Crippen LogP contribution in [0.15, 0.2) is 47.0 Å². The molecule has 0 spiro atoms. The highest BCUT2D eigenvalue weighted by Gasteiger charge is 2.20. The summed E-state index contributed by atoms with van der Waals surface area (Å²) in [7, 11) is 1.53. The van der Waals surface area contributed by atoms with E-state index in [0.29, 0.717) is 17.2 Å². The molecule has 1 unspecified atom stereocenters. The van der Waals surface area contributed by atoms with Gasteiger partial charge in [-0.25, -0.2) is 4.98 Å². The average Bonchev–Trinajstić information content (AvgIpc) is 2.89. The number of nitrogens with zero attached hydrogens (tertiary/aromatic N) is 1. The van der Waals surface area contributed by atoms with Crippen LogP contribution in [0.1, 0.15) is 23.0 Å². The van der Waals surface area contributed by atoms with Crippen molar-refractivity contribution < 1.29 is 14.3 Å². The number of hydrogen-bond acceptors (Lipinski definition) is 4. The second-order valence-corrected chi connectivity index (χ2v) is 4.69. The Morgan fingerprint density at radius 2 is 2.10 bits per heavy atom. The molecule has 3 aromatic rings. The summed E-state index contributed by atoms with van der Waals surface area (Å²) in [4.78, 5) is 4.09. The van der Waals surface area contributed by atoms with Crippen molar-refractivity contribution in [2.24, 2.45) is 0 Å². The Morgan fingerprint density at radius 3 is 2.90 bits per heavy atom. The van der Waals surface area contributed by atoms with E-state index in [1.165, 1.54) is 7.11 Å². The van der Waals surface area contributed by atoms with Gasteiger partial charge in [-0.15, -0.1) is 0 Å². The van der Waals surface area contributed by atoms with Crippen LogP contribution in [0.2, 0.25) is 0 Å². The van der Waals surface area contributed by atoms with E-state index in [2.05, 4.69) is 4.98 Å². The zero-order valence-electron chi connectivity index (χ0n) is 11.3. The largest absolute Gasteiger partial charge is 0.481 e. The van der Waals surface area contributed by atoms with Crippen molar-refractivity contribution in [2.75, 3.05) is 7.11 Å². The van der Waals surface area contributed by atoms with Crippen LogP contribution in [0.5, 0.6) is 5.88 Å². The van der Waals surface area contributed by atoms with Gasteiger partial charge in [0.2, 0.25) is 5.88 Å². The van der Waals surface area contributed by atoms with Crippen molar-refractivity contribution in [1.29, 1.82) is 0 Å². The third-order valence-corrected chi connectivity index (χ3v) is 3.25. The van der Waals surface area contributed by atoms with Crippen LogP contribution in [0.4, 0.5) is 0 Å². The lowest BCUT2D eigenvalue weighted by Gasteiger charge is -2.11. The van der Waals surface area contributed by atoms with Gasteiger partial charge in [-0.3, -0.25) is 0 Å². The van der Waals surface area contributed by atoms with Crippen molar-refractivity contribution in [2.45, 2.75) is 13.0 Å². The van der Waals surface area contributed by atoms with Crippen molar-refractivity contribution in [3.05, 3.63) is 59.5 Å². The van der Waals surface area contributed by atoms with Crippen molar-refractivity contribution in [1.82, 2.24) is 4.98 Å². The predicted octanol–water partition coefficient (Wildman–Crippen LogP) is 3.23. The molecule has 1 aromatic carbocycles. The molecular formula is C16H15NO3. The van der Waals surface area contributed by atoms with E-state index in [1.807, 2.05) is 31.2 Å². The number of benzene rings is 1. The Hall–Kier alpha value is -2.33. The number of ether oxygens (including phenoxy) is 1. The molecule has 4 heteroatoms. The van der Waals surface area contributed by atoms with Crippen LogP contribution in [0, 0.1) is 6.92 Å². The third-order valence-electron chi connectivity index (χ3n) is 3.25. The first kappa shape index (κ1) is 12.7. The first-order valence-electron chi connectivity index (χ1n) is 6.36. The Bertz CT molecular complexity index is 748. The predicted molar refractivity (Wildman–Crippen MR) is 75.8 cm³/mol. The van der Waals surface area contributed by atoms with E-state index in [0.717, 1.165) is 16.5 Å². The van der Waals surface area contributed by atoms with Crippen molar-refractivity contribution in [3.63, 3.8) is 0 Å². The zero-order chi connectivity index (χ0) is 14.1. The summed E-state index contributed by atoms with van der Waals surface area (Å²) < 4.78 is 10.9. The average molecular weight is 269 g/mol. The number of aromatic nitrogens is 1. The third kappa shape index (κ3) is 2.14. The van der Waals surface area contributed by atoms with Gasteiger partial charge in [0.05, 0.1) is 12.7 Å². The zero-order valence-corrected chi connectivity index (χ0v) is 11.3. The van der Waals surface area contributed by atoms with E-state index in [9.17, 15) is 5.11 Å². The molecule has 20 heavy (non-hydrogen) atoms. The Kier molecular flexibility index (Phi) is 3.16. The number of hydrogen-bond donors (Lipinski definition) is 1. The molecule has 0 aliphatic carbocycles. The topological polar surface area (TPSA) is 55.5 Å². The molecular weight excluding hydrogens is 254 g/mol. The molecule has 2 aromatic heterocycles. The Morgan fingerprint density at radius 1 is 1.25 bits per heavy atom. The van der Waals surface area contributed by atoms with Crippen LogP contribution < -0.4 is 4.74 Å². The highest BCUT2D eigenvalue weighted by Crippen LogP contribution is 2.32. The first-order valence-corrected chi connectivity index (χ1v) is 6.36. The lowest BCUT2D eigenvalue weighted by Crippen LogP contribution is -2.02. The number of aliphatic hydroxyl groups is 1. The molecule has 0 saturated carbocycles. The van der Waals surface area contributed by atoms with Gasteiger partial charge in [-0.2, -0.15) is 0 Å². The van der Waals surface area contributed by atoms with Crippen LogP contribution in [-0.2, 0) is 0 Å². The van der Waals surface area contributed by atoms with Gasteiger partial charge in [-0.05, 0) is 37.3 Å². The monoisotopic (exact) mass is 269 g/mol. The number of rotatable bonds is 3. The van der Waals surface area contributed by atoms with Gasteiger partial charge in [0.1, 0.15) is 17.4 Å². The van der Waals surface area contributed by atoms with Gasteiger partial charge in [-0.1, -0.05) is 11.6 Å². The standard InChI is InChI=1S/C16H15NO3/c1-10-5-6-13-11(8-10)9-14(20-13)15(18)12-4-3-7-17-16(12)19-2/h3-9,15,18H,1-2H3. The van der Waals surface area contributed by atoms with Crippen LogP contribution >= 0.6 is 0 Å². The fourth-order valence-corrected chi connectivity index (χ4v) is 2.25. The van der Waals surface area contributed by atoms with Gasteiger partial charge in [0.25, 0.3) is 0 Å². The fraction of sp³-hybridized carbons (Fsp3) is 0.188. The number of furan rings is 1. The van der Waals surface area contributed by atoms with E-state index < -0.39 is 6.10 Å². The molecule has 1 atom stereocenters. The van der Waals surface area contributed by atoms with E-state index >= 15 is 0 Å². The SMILES string of the molecule is COc1ncccc1C(O)c1cc2cc(C)ccc2o1. The fourth-order valence-electron chi connectivity index (χ4n) is 2.25. The quantitative estimate of drug-likeness (QED) is 0.793. The number of fused-ring (bicyclic) bond motifs is 1. The van der Waals surface area contributed by atoms with Gasteiger partial charge in [0.15, 0.2) is 0 Å². The van der Waals surface area contributed by atoms with Crippen LogP contribution in [0.3, 0.4) is 0 Å². The summed E-state index contributed by atoms with van der Waals surface area (Å²) in [6.07, 6.45) is 0.725. The maximum atomic E-state index is 10.5. The molecule has 0 radical (unpaired) electrons.